The van der Waals surface area contributed by atoms with Gasteiger partial charge >= 0.3 is 11.9 Å². The van der Waals surface area contributed by atoms with E-state index in [-0.39, 0.29) is 6.42 Å². The Balaban J connectivity index is 3.72. The van der Waals surface area contributed by atoms with Crippen molar-refractivity contribution < 1.29 is 32.8 Å². The third-order valence-corrected chi connectivity index (χ3v) is 6.79. The van der Waals surface area contributed by atoms with E-state index in [0.29, 0.717) is 6.42 Å². The SMILES string of the molecule is CCCCCCCCCCCCCCCCCCC(C(=O)O)C(C(=O)O)S(=O)(=O)O. The molecule has 0 aromatic heterocycles. The normalized spacial score (nSPS) is 13.8. The highest BCUT2D eigenvalue weighted by Crippen LogP contribution is 2.21. The Morgan fingerprint density at radius 1 is 0.633 bits per heavy atom. The predicted octanol–water partition coefficient (Wildman–Crippen LogP) is 5.68. The van der Waals surface area contributed by atoms with E-state index in [1.807, 2.05) is 0 Å². The van der Waals surface area contributed by atoms with Crippen molar-refractivity contribution in [3.05, 3.63) is 0 Å². The highest BCUT2D eigenvalue weighted by atomic mass is 32.2. The molecule has 2 unspecified atom stereocenters. The Morgan fingerprint density at radius 3 is 1.23 bits per heavy atom. The molecular weight excluding hydrogens is 408 g/mol. The van der Waals surface area contributed by atoms with Gasteiger partial charge in [-0.15, -0.1) is 0 Å². The van der Waals surface area contributed by atoms with Crippen LogP contribution < -0.4 is 0 Å². The van der Waals surface area contributed by atoms with Gasteiger partial charge in [0.2, 0.25) is 0 Å². The van der Waals surface area contributed by atoms with Crippen LogP contribution in [0.4, 0.5) is 0 Å². The molecule has 0 aromatic rings. The van der Waals surface area contributed by atoms with Crippen molar-refractivity contribution >= 4 is 22.1 Å². The standard InChI is InChI=1S/C22H42O7S/c1-2-3-4-5-6-7-8-9-10-11-12-13-14-15-16-17-18-19(21(23)24)20(22(25)26)30(27,28)29/h19-20H,2-18H2,1H3,(H,23,24)(H,25,26)(H,27,28,29). The zero-order chi connectivity index (χ0) is 22.8. The average Bonchev–Trinajstić information content (AvgIpc) is 2.65. The molecule has 30 heavy (non-hydrogen) atoms. The quantitative estimate of drug-likeness (QED) is 0.151. The molecule has 0 spiro atoms. The van der Waals surface area contributed by atoms with Crippen LogP contribution in [-0.4, -0.2) is 40.4 Å². The fraction of sp³-hybridized carbons (Fsp3) is 0.909. The number of aliphatic carboxylic acids is 2. The molecule has 7 nitrogen and oxygen atoms in total. The molecule has 8 heteroatoms. The summed E-state index contributed by atoms with van der Waals surface area (Å²) in [6, 6.07) is 0. The molecule has 0 saturated heterocycles. The van der Waals surface area contributed by atoms with Crippen LogP contribution in [0.3, 0.4) is 0 Å². The molecule has 0 fully saturated rings. The molecule has 0 radical (unpaired) electrons. The summed E-state index contributed by atoms with van der Waals surface area (Å²) in [7, 11) is -4.96. The molecule has 0 heterocycles. The zero-order valence-electron chi connectivity index (χ0n) is 18.6. The number of rotatable bonds is 21. The molecule has 2 atom stereocenters. The van der Waals surface area contributed by atoms with Crippen LogP contribution in [0.2, 0.25) is 0 Å². The molecule has 0 aliphatic heterocycles. The van der Waals surface area contributed by atoms with Gasteiger partial charge in [-0.05, 0) is 6.42 Å². The van der Waals surface area contributed by atoms with Crippen LogP contribution >= 0.6 is 0 Å². The average molecular weight is 451 g/mol. The lowest BCUT2D eigenvalue weighted by atomic mass is 9.96. The van der Waals surface area contributed by atoms with Gasteiger partial charge in [-0.1, -0.05) is 110 Å². The third kappa shape index (κ3) is 14.8. The van der Waals surface area contributed by atoms with Crippen LogP contribution in [0, 0.1) is 5.92 Å². The molecule has 0 amide bonds. The zero-order valence-corrected chi connectivity index (χ0v) is 19.4. The van der Waals surface area contributed by atoms with Gasteiger partial charge in [-0.2, -0.15) is 8.42 Å². The van der Waals surface area contributed by atoms with Crippen LogP contribution in [0.15, 0.2) is 0 Å². The van der Waals surface area contributed by atoms with E-state index in [1.54, 1.807) is 0 Å². The second-order valence-electron chi connectivity index (χ2n) is 8.31. The first kappa shape index (κ1) is 28.9. The molecule has 3 N–H and O–H groups in total. The number of hydrogen-bond acceptors (Lipinski definition) is 4. The monoisotopic (exact) mass is 450 g/mol. The van der Waals surface area contributed by atoms with E-state index < -0.39 is 33.2 Å². The van der Waals surface area contributed by atoms with Crippen molar-refractivity contribution in [2.45, 2.75) is 121 Å². The molecule has 0 rings (SSSR count). The summed E-state index contributed by atoms with van der Waals surface area (Å²) in [5, 5.41) is 15.8. The Bertz CT molecular complexity index is 560. The lowest BCUT2D eigenvalue weighted by Crippen LogP contribution is -2.41. The van der Waals surface area contributed by atoms with Crippen molar-refractivity contribution in [3.63, 3.8) is 0 Å². The molecule has 178 valence electrons. The minimum Gasteiger partial charge on any atom is -0.481 e. The van der Waals surface area contributed by atoms with Gasteiger partial charge in [-0.3, -0.25) is 14.1 Å². The molecule has 0 aromatic carbocycles. The Morgan fingerprint density at radius 2 is 0.967 bits per heavy atom. The molecule has 0 aliphatic carbocycles. The lowest BCUT2D eigenvalue weighted by molar-refractivity contribution is -0.148. The summed E-state index contributed by atoms with van der Waals surface area (Å²) >= 11 is 0. The van der Waals surface area contributed by atoms with Gasteiger partial charge in [0, 0.05) is 0 Å². The van der Waals surface area contributed by atoms with E-state index in [0.717, 1.165) is 25.7 Å². The summed E-state index contributed by atoms with van der Waals surface area (Å²) in [6.45, 7) is 2.24. The van der Waals surface area contributed by atoms with E-state index in [2.05, 4.69) is 6.92 Å². The number of unbranched alkanes of at least 4 members (excludes halogenated alkanes) is 15. The molecule has 0 saturated carbocycles. The van der Waals surface area contributed by atoms with Gasteiger partial charge in [0.1, 0.15) is 0 Å². The minimum absolute atomic E-state index is 0.0788. The Hall–Kier alpha value is -1.15. The smallest absolute Gasteiger partial charge is 0.325 e. The predicted molar refractivity (Wildman–Crippen MR) is 118 cm³/mol. The van der Waals surface area contributed by atoms with Crippen molar-refractivity contribution in [1.29, 1.82) is 0 Å². The highest BCUT2D eigenvalue weighted by molar-refractivity contribution is 7.87. The van der Waals surface area contributed by atoms with Crippen LogP contribution in [0.1, 0.15) is 116 Å². The molecule has 0 aliphatic rings. The maximum absolute atomic E-state index is 11.2. The largest absolute Gasteiger partial charge is 0.481 e. The van der Waals surface area contributed by atoms with Gasteiger partial charge < -0.3 is 10.2 Å². The van der Waals surface area contributed by atoms with Crippen LogP contribution in [0.5, 0.6) is 0 Å². The number of carboxylic acids is 2. The van der Waals surface area contributed by atoms with Crippen LogP contribution in [0.25, 0.3) is 0 Å². The Kier molecular flexibility index (Phi) is 16.9. The number of hydrogen-bond donors (Lipinski definition) is 3. The summed E-state index contributed by atoms with van der Waals surface area (Å²) in [6.07, 6.45) is 18.6. The van der Waals surface area contributed by atoms with Crippen molar-refractivity contribution in [3.8, 4) is 0 Å². The first-order chi connectivity index (χ1) is 14.2. The van der Waals surface area contributed by atoms with Gasteiger partial charge in [0.05, 0.1) is 5.92 Å². The highest BCUT2D eigenvalue weighted by Gasteiger charge is 2.42. The van der Waals surface area contributed by atoms with Gasteiger partial charge in [0.25, 0.3) is 10.1 Å². The first-order valence-corrected chi connectivity index (χ1v) is 13.1. The van der Waals surface area contributed by atoms with E-state index in [1.165, 1.54) is 70.6 Å². The summed E-state index contributed by atoms with van der Waals surface area (Å²) < 4.78 is 31.4. The van der Waals surface area contributed by atoms with E-state index in [9.17, 15) is 18.0 Å². The molecular formula is C22H42O7S. The minimum atomic E-state index is -4.96. The summed E-state index contributed by atoms with van der Waals surface area (Å²) in [4.78, 5) is 22.3. The topological polar surface area (TPSA) is 129 Å². The maximum Gasteiger partial charge on any atom is 0.325 e. The fourth-order valence-corrected chi connectivity index (χ4v) is 4.75. The maximum atomic E-state index is 11.2. The van der Waals surface area contributed by atoms with E-state index in [4.69, 9.17) is 14.8 Å². The first-order valence-electron chi connectivity index (χ1n) is 11.6. The summed E-state index contributed by atoms with van der Waals surface area (Å²) in [5.74, 6) is -4.98. The van der Waals surface area contributed by atoms with Crippen molar-refractivity contribution in [1.82, 2.24) is 0 Å². The fourth-order valence-electron chi connectivity index (χ4n) is 3.82. The second kappa shape index (κ2) is 17.5. The second-order valence-corrected chi connectivity index (χ2v) is 9.85. The third-order valence-electron chi connectivity index (χ3n) is 5.62. The van der Waals surface area contributed by atoms with Gasteiger partial charge in [-0.25, -0.2) is 0 Å². The van der Waals surface area contributed by atoms with Gasteiger partial charge in [0.15, 0.2) is 5.25 Å². The molecule has 0 bridgehead atoms. The number of carboxylic acid groups (broad SMARTS) is 2. The van der Waals surface area contributed by atoms with Crippen molar-refractivity contribution in [2.75, 3.05) is 0 Å². The van der Waals surface area contributed by atoms with Crippen molar-refractivity contribution in [2.24, 2.45) is 5.92 Å². The number of carbonyl (C=O) groups is 2. The summed E-state index contributed by atoms with van der Waals surface area (Å²) in [5.41, 5.74) is 0. The Labute approximate surface area is 182 Å². The van der Waals surface area contributed by atoms with E-state index >= 15 is 0 Å². The van der Waals surface area contributed by atoms with Crippen LogP contribution in [-0.2, 0) is 19.7 Å². The lowest BCUT2D eigenvalue weighted by Gasteiger charge is -2.17.